The molecule has 3 atom stereocenters. The van der Waals surface area contributed by atoms with E-state index in [0.29, 0.717) is 17.4 Å². The number of ether oxygens (including phenoxy) is 1. The normalized spacial score (nSPS) is 13.5. The van der Waals surface area contributed by atoms with Gasteiger partial charge in [0.15, 0.2) is 0 Å². The molecular weight excluding hydrogens is 1070 g/mol. The number of carbonyl (C=O) groups is 2. The standard InChI is InChI=1S/C75H147N2O7P/c1-7-10-13-16-19-22-25-28-30-32-34-36-37-38-39-41-43-45-47-50-53-56-59-62-65-68-75(79)84-73(66-63-60-57-54-51-48-27-24-21-18-15-12-9-3)72(71-83-85(80,81)82-70-69-77(4,5)6)76-74(78)67-64-61-58-55-52-49-46-44-42-40-35-33-31-29-26-23-20-17-14-11-8-2/h29,31,63,66,72-73H,7-28,30,32-62,64-65,67-71H2,1-6H3,(H-,76,78,80,81)/b31-29+,66-63+. The highest BCUT2D eigenvalue weighted by Gasteiger charge is 2.27. The first-order valence-corrected chi connectivity index (χ1v) is 39.1. The van der Waals surface area contributed by atoms with Crippen LogP contribution in [0.2, 0.25) is 0 Å². The molecule has 0 fully saturated rings. The van der Waals surface area contributed by atoms with Gasteiger partial charge in [-0.25, -0.2) is 0 Å². The van der Waals surface area contributed by atoms with Gasteiger partial charge in [-0.2, -0.15) is 0 Å². The van der Waals surface area contributed by atoms with Crippen LogP contribution in [0.25, 0.3) is 0 Å². The van der Waals surface area contributed by atoms with Crippen LogP contribution in [-0.2, 0) is 27.9 Å². The summed E-state index contributed by atoms with van der Waals surface area (Å²) in [6.45, 7) is 6.92. The van der Waals surface area contributed by atoms with Crippen molar-refractivity contribution in [3.05, 3.63) is 24.3 Å². The maximum Gasteiger partial charge on any atom is 0.306 e. The van der Waals surface area contributed by atoms with Crippen molar-refractivity contribution in [1.29, 1.82) is 0 Å². The molecule has 10 heteroatoms. The van der Waals surface area contributed by atoms with E-state index in [4.69, 9.17) is 13.8 Å². The average Bonchev–Trinajstić information content (AvgIpc) is 3.50. The summed E-state index contributed by atoms with van der Waals surface area (Å²) in [7, 11) is 1.21. The van der Waals surface area contributed by atoms with Gasteiger partial charge in [0.1, 0.15) is 19.3 Å². The fraction of sp³-hybridized carbons (Fsp3) is 0.920. The molecule has 0 heterocycles. The number of hydrogen-bond acceptors (Lipinski definition) is 7. The molecule has 0 saturated carbocycles. The highest BCUT2D eigenvalue weighted by molar-refractivity contribution is 7.45. The van der Waals surface area contributed by atoms with Crippen molar-refractivity contribution in [2.24, 2.45) is 0 Å². The fourth-order valence-electron chi connectivity index (χ4n) is 11.6. The number of likely N-dealkylation sites (N-methyl/N-ethyl adjacent to an activating group) is 1. The van der Waals surface area contributed by atoms with E-state index in [9.17, 15) is 19.0 Å². The molecule has 0 spiro atoms. The number of unbranched alkanes of at least 4 members (excludes halogenated alkanes) is 52. The van der Waals surface area contributed by atoms with Crippen molar-refractivity contribution >= 4 is 19.7 Å². The van der Waals surface area contributed by atoms with E-state index in [1.54, 1.807) is 0 Å². The number of rotatable bonds is 70. The lowest BCUT2D eigenvalue weighted by Crippen LogP contribution is -2.47. The van der Waals surface area contributed by atoms with Crippen molar-refractivity contribution in [2.75, 3.05) is 40.9 Å². The Morgan fingerprint density at radius 2 is 0.682 bits per heavy atom. The molecule has 0 aliphatic heterocycles. The number of nitrogens with zero attached hydrogens (tertiary/aromatic N) is 1. The minimum absolute atomic E-state index is 0.0182. The van der Waals surface area contributed by atoms with Crippen LogP contribution in [0.4, 0.5) is 0 Å². The molecular formula is C75H147N2O7P. The average molecular weight is 1220 g/mol. The quantitative estimate of drug-likeness (QED) is 0.0212. The van der Waals surface area contributed by atoms with Crippen molar-refractivity contribution in [3.63, 3.8) is 0 Å². The minimum atomic E-state index is -4.70. The van der Waals surface area contributed by atoms with Crippen LogP contribution in [0.5, 0.6) is 0 Å². The molecule has 9 nitrogen and oxygen atoms in total. The fourth-order valence-corrected chi connectivity index (χ4v) is 12.3. The zero-order chi connectivity index (χ0) is 62.1. The van der Waals surface area contributed by atoms with E-state index < -0.39 is 20.0 Å². The van der Waals surface area contributed by atoms with Crippen LogP contribution in [-0.4, -0.2) is 69.4 Å². The van der Waals surface area contributed by atoms with Gasteiger partial charge < -0.3 is 28.5 Å². The Labute approximate surface area is 530 Å². The van der Waals surface area contributed by atoms with Crippen molar-refractivity contribution in [3.8, 4) is 0 Å². The second-order valence-electron chi connectivity index (χ2n) is 27.2. The van der Waals surface area contributed by atoms with Crippen LogP contribution in [0.15, 0.2) is 24.3 Å². The molecule has 0 rings (SSSR count). The summed E-state index contributed by atoms with van der Waals surface area (Å²) in [6, 6.07) is -0.885. The van der Waals surface area contributed by atoms with E-state index in [1.807, 2.05) is 33.3 Å². The number of phosphoric acid groups is 1. The molecule has 0 saturated heterocycles. The number of amides is 1. The lowest BCUT2D eigenvalue weighted by atomic mass is 10.0. The van der Waals surface area contributed by atoms with Gasteiger partial charge >= 0.3 is 5.97 Å². The predicted octanol–water partition coefficient (Wildman–Crippen LogP) is 23.4. The molecule has 85 heavy (non-hydrogen) atoms. The van der Waals surface area contributed by atoms with Crippen LogP contribution >= 0.6 is 7.82 Å². The van der Waals surface area contributed by atoms with Gasteiger partial charge in [0.05, 0.1) is 33.8 Å². The highest BCUT2D eigenvalue weighted by atomic mass is 31.2. The second kappa shape index (κ2) is 65.4. The summed E-state index contributed by atoms with van der Waals surface area (Å²) < 4.78 is 30.5. The molecule has 0 aliphatic carbocycles. The Kier molecular flexibility index (Phi) is 64.3. The van der Waals surface area contributed by atoms with Crippen LogP contribution in [0.1, 0.15) is 393 Å². The largest absolute Gasteiger partial charge is 0.756 e. The molecule has 0 aromatic rings. The van der Waals surface area contributed by atoms with Gasteiger partial charge in [0, 0.05) is 12.8 Å². The number of quaternary nitrogens is 1. The Morgan fingerprint density at radius 3 is 1.00 bits per heavy atom. The molecule has 0 aromatic carbocycles. The number of hydrogen-bond donors (Lipinski definition) is 1. The summed E-state index contributed by atoms with van der Waals surface area (Å²) in [5.74, 6) is -0.516. The van der Waals surface area contributed by atoms with Crippen LogP contribution < -0.4 is 10.2 Å². The molecule has 504 valence electrons. The van der Waals surface area contributed by atoms with Gasteiger partial charge in [-0.1, -0.05) is 347 Å². The Bertz CT molecular complexity index is 1500. The number of carbonyl (C=O) groups excluding carboxylic acids is 2. The zero-order valence-electron chi connectivity index (χ0n) is 57.8. The first-order valence-electron chi connectivity index (χ1n) is 37.6. The van der Waals surface area contributed by atoms with E-state index in [1.165, 1.54) is 302 Å². The van der Waals surface area contributed by atoms with Crippen LogP contribution in [0.3, 0.4) is 0 Å². The SMILES string of the molecule is CCCCCCCC/C=C/CCCCCCCCCCCCCC(=O)NC(COP(=O)([O-])OCC[N+](C)(C)C)C(/C=C/CCCCCCCCCCCCC)OC(=O)CCCCCCCCCCCCCCCCCCCCCCCCCCC. The second-order valence-corrected chi connectivity index (χ2v) is 28.6. The molecule has 0 aromatic heterocycles. The van der Waals surface area contributed by atoms with Crippen molar-refractivity contribution < 1.29 is 37.3 Å². The molecule has 1 amide bonds. The monoisotopic (exact) mass is 1220 g/mol. The smallest absolute Gasteiger partial charge is 0.306 e. The third-order valence-electron chi connectivity index (χ3n) is 17.4. The lowest BCUT2D eigenvalue weighted by Gasteiger charge is -2.30. The number of esters is 1. The topological polar surface area (TPSA) is 114 Å². The van der Waals surface area contributed by atoms with E-state index in [0.717, 1.165) is 57.8 Å². The Balaban J connectivity index is 5.00. The first-order chi connectivity index (χ1) is 41.4. The van der Waals surface area contributed by atoms with Gasteiger partial charge in [-0.3, -0.25) is 14.2 Å². The Morgan fingerprint density at radius 1 is 0.400 bits per heavy atom. The third kappa shape index (κ3) is 66.7. The molecule has 0 bridgehead atoms. The summed E-state index contributed by atoms with van der Waals surface area (Å²) in [5, 5.41) is 3.06. The van der Waals surface area contributed by atoms with Gasteiger partial charge in [0.2, 0.25) is 5.91 Å². The maximum atomic E-state index is 13.6. The lowest BCUT2D eigenvalue weighted by molar-refractivity contribution is -0.870. The number of nitrogens with one attached hydrogen (secondary N) is 1. The van der Waals surface area contributed by atoms with E-state index in [-0.39, 0.29) is 31.5 Å². The number of allylic oxidation sites excluding steroid dienone is 3. The van der Waals surface area contributed by atoms with Gasteiger partial charge in [0.25, 0.3) is 7.82 Å². The molecule has 0 radical (unpaired) electrons. The van der Waals surface area contributed by atoms with E-state index >= 15 is 0 Å². The van der Waals surface area contributed by atoms with Crippen molar-refractivity contribution in [1.82, 2.24) is 5.32 Å². The molecule has 0 aliphatic rings. The third-order valence-corrected chi connectivity index (χ3v) is 18.3. The van der Waals surface area contributed by atoms with Crippen LogP contribution in [0, 0.1) is 0 Å². The summed E-state index contributed by atoms with van der Waals surface area (Å²) in [4.78, 5) is 40.3. The number of phosphoric ester groups is 1. The summed E-state index contributed by atoms with van der Waals surface area (Å²) in [5.41, 5.74) is 0. The summed E-state index contributed by atoms with van der Waals surface area (Å²) >= 11 is 0. The Hall–Kier alpha value is -1.51. The highest BCUT2D eigenvalue weighted by Crippen LogP contribution is 2.38. The molecule has 3 unspecified atom stereocenters. The van der Waals surface area contributed by atoms with Crippen molar-refractivity contribution in [2.45, 2.75) is 405 Å². The van der Waals surface area contributed by atoms with Gasteiger partial charge in [-0.05, 0) is 57.4 Å². The van der Waals surface area contributed by atoms with Gasteiger partial charge in [-0.15, -0.1) is 0 Å². The first kappa shape index (κ1) is 83.5. The minimum Gasteiger partial charge on any atom is -0.756 e. The summed E-state index contributed by atoms with van der Waals surface area (Å²) in [6.07, 6.45) is 80.2. The maximum absolute atomic E-state index is 13.6. The molecule has 1 N–H and O–H groups in total. The zero-order valence-corrected chi connectivity index (χ0v) is 58.7. The van der Waals surface area contributed by atoms with E-state index in [2.05, 4.69) is 38.2 Å². The predicted molar refractivity (Wildman–Crippen MR) is 367 cm³/mol.